The molecule has 0 unspecified atom stereocenters. The molecule has 1 rings (SSSR count). The van der Waals surface area contributed by atoms with Gasteiger partial charge in [-0.3, -0.25) is 4.68 Å². The SMILES string of the molecule is CC(C)n1cc(Cl)c(N)n1.Cl. The van der Waals surface area contributed by atoms with Crippen LogP contribution in [0.5, 0.6) is 0 Å². The lowest BCUT2D eigenvalue weighted by molar-refractivity contribution is 0.534. The van der Waals surface area contributed by atoms with Crippen LogP contribution in [0.1, 0.15) is 19.9 Å². The van der Waals surface area contributed by atoms with Crippen molar-refractivity contribution in [3.8, 4) is 0 Å². The monoisotopic (exact) mass is 195 g/mol. The fourth-order valence-electron chi connectivity index (χ4n) is 0.648. The third-order valence-electron chi connectivity index (χ3n) is 1.24. The standard InChI is InChI=1S/C6H10ClN3.ClH/c1-4(2)10-3-5(7)6(8)9-10;/h3-4H,1-2H3,(H2,8,9);1H. The molecule has 1 heterocycles. The molecule has 0 saturated carbocycles. The summed E-state index contributed by atoms with van der Waals surface area (Å²) in [5, 5.41) is 4.49. The van der Waals surface area contributed by atoms with Gasteiger partial charge in [0.05, 0.1) is 0 Å². The zero-order valence-corrected chi connectivity index (χ0v) is 7.99. The van der Waals surface area contributed by atoms with Crippen molar-refractivity contribution in [1.82, 2.24) is 9.78 Å². The molecule has 0 aromatic carbocycles. The van der Waals surface area contributed by atoms with Gasteiger partial charge in [0.15, 0.2) is 5.82 Å². The first-order chi connectivity index (χ1) is 4.61. The van der Waals surface area contributed by atoms with Crippen LogP contribution in [0.4, 0.5) is 5.82 Å². The molecule has 0 atom stereocenters. The molecule has 1 aromatic heterocycles. The summed E-state index contributed by atoms with van der Waals surface area (Å²) >= 11 is 5.67. The maximum atomic E-state index is 5.67. The number of nitrogen functional groups attached to an aromatic ring is 1. The van der Waals surface area contributed by atoms with Crippen LogP contribution >= 0.6 is 24.0 Å². The van der Waals surface area contributed by atoms with Gasteiger partial charge < -0.3 is 5.73 Å². The van der Waals surface area contributed by atoms with E-state index in [1.54, 1.807) is 10.9 Å². The van der Waals surface area contributed by atoms with Crippen LogP contribution in [0.25, 0.3) is 0 Å². The summed E-state index contributed by atoms with van der Waals surface area (Å²) in [6, 6.07) is 0.315. The Labute approximate surface area is 76.9 Å². The average Bonchev–Trinajstić information content (AvgIpc) is 2.13. The molecule has 64 valence electrons. The van der Waals surface area contributed by atoms with Crippen molar-refractivity contribution in [2.24, 2.45) is 0 Å². The van der Waals surface area contributed by atoms with Gasteiger partial charge in [0.1, 0.15) is 5.02 Å². The lowest BCUT2D eigenvalue weighted by Crippen LogP contribution is -2.01. The van der Waals surface area contributed by atoms with Crippen molar-refractivity contribution >= 4 is 29.8 Å². The Morgan fingerprint density at radius 2 is 2.18 bits per heavy atom. The summed E-state index contributed by atoms with van der Waals surface area (Å²) in [5.41, 5.74) is 5.41. The second-order valence-corrected chi connectivity index (χ2v) is 2.84. The van der Waals surface area contributed by atoms with Gasteiger partial charge in [-0.25, -0.2) is 0 Å². The molecule has 0 saturated heterocycles. The molecule has 11 heavy (non-hydrogen) atoms. The summed E-state index contributed by atoms with van der Waals surface area (Å²) in [6.07, 6.45) is 1.72. The number of anilines is 1. The fraction of sp³-hybridized carbons (Fsp3) is 0.500. The molecule has 0 aliphatic carbocycles. The molecule has 0 bridgehead atoms. The van der Waals surface area contributed by atoms with Crippen molar-refractivity contribution < 1.29 is 0 Å². The van der Waals surface area contributed by atoms with Gasteiger partial charge in [-0.2, -0.15) is 5.10 Å². The van der Waals surface area contributed by atoms with Gasteiger partial charge in [0.2, 0.25) is 0 Å². The highest BCUT2D eigenvalue weighted by atomic mass is 35.5. The molecular formula is C6H11Cl2N3. The van der Waals surface area contributed by atoms with Crippen molar-refractivity contribution in [3.63, 3.8) is 0 Å². The number of rotatable bonds is 1. The maximum Gasteiger partial charge on any atom is 0.164 e. The molecule has 0 radical (unpaired) electrons. The van der Waals surface area contributed by atoms with E-state index in [-0.39, 0.29) is 12.4 Å². The van der Waals surface area contributed by atoms with Crippen LogP contribution in [-0.4, -0.2) is 9.78 Å². The highest BCUT2D eigenvalue weighted by Gasteiger charge is 2.03. The van der Waals surface area contributed by atoms with Crippen LogP contribution in [0.3, 0.4) is 0 Å². The van der Waals surface area contributed by atoms with E-state index >= 15 is 0 Å². The summed E-state index contributed by atoms with van der Waals surface area (Å²) in [6.45, 7) is 4.03. The first-order valence-corrected chi connectivity index (χ1v) is 3.49. The molecule has 0 aliphatic rings. The number of nitrogens with zero attached hydrogens (tertiary/aromatic N) is 2. The summed E-state index contributed by atoms with van der Waals surface area (Å²) in [7, 11) is 0. The van der Waals surface area contributed by atoms with E-state index < -0.39 is 0 Å². The normalized spacial score (nSPS) is 9.82. The highest BCUT2D eigenvalue weighted by molar-refractivity contribution is 6.32. The van der Waals surface area contributed by atoms with Gasteiger partial charge in [0.25, 0.3) is 0 Å². The Balaban J connectivity index is 0.000001000. The zero-order chi connectivity index (χ0) is 7.72. The third-order valence-corrected chi connectivity index (χ3v) is 1.53. The third kappa shape index (κ3) is 2.27. The molecule has 5 heteroatoms. The van der Waals surface area contributed by atoms with Crippen LogP contribution in [0, 0.1) is 0 Å². The fourth-order valence-corrected chi connectivity index (χ4v) is 0.786. The average molecular weight is 196 g/mol. The Bertz CT molecular complexity index is 212. The van der Waals surface area contributed by atoms with Crippen molar-refractivity contribution in [3.05, 3.63) is 11.2 Å². The van der Waals surface area contributed by atoms with E-state index in [4.69, 9.17) is 17.3 Å². The number of hydrogen-bond acceptors (Lipinski definition) is 2. The summed E-state index contributed by atoms with van der Waals surface area (Å²) in [4.78, 5) is 0. The minimum absolute atomic E-state index is 0. The predicted octanol–water partition coefficient (Wildman–Crippen LogP) is 2.12. The van der Waals surface area contributed by atoms with Crippen molar-refractivity contribution in [2.45, 2.75) is 19.9 Å². The first-order valence-electron chi connectivity index (χ1n) is 3.11. The second-order valence-electron chi connectivity index (χ2n) is 2.44. The number of halogens is 2. The molecule has 3 nitrogen and oxygen atoms in total. The smallest absolute Gasteiger partial charge is 0.164 e. The van der Waals surface area contributed by atoms with Crippen molar-refractivity contribution in [2.75, 3.05) is 5.73 Å². The summed E-state index contributed by atoms with van der Waals surface area (Å²) < 4.78 is 1.73. The first kappa shape index (κ1) is 10.6. The van der Waals surface area contributed by atoms with Crippen molar-refractivity contribution in [1.29, 1.82) is 0 Å². The van der Waals surface area contributed by atoms with Gasteiger partial charge in [0, 0.05) is 12.2 Å². The van der Waals surface area contributed by atoms with Crippen LogP contribution < -0.4 is 5.73 Å². The quantitative estimate of drug-likeness (QED) is 0.747. The molecule has 2 N–H and O–H groups in total. The summed E-state index contributed by atoms with van der Waals surface area (Å²) in [5.74, 6) is 0.398. The largest absolute Gasteiger partial charge is 0.381 e. The van der Waals surface area contributed by atoms with Gasteiger partial charge in [-0.05, 0) is 13.8 Å². The van der Waals surface area contributed by atoms with E-state index in [2.05, 4.69) is 5.10 Å². The Hall–Kier alpha value is -0.410. The maximum absolute atomic E-state index is 5.67. The lowest BCUT2D eigenvalue weighted by Gasteiger charge is -2.02. The molecule has 0 amide bonds. The molecule has 0 fully saturated rings. The molecular weight excluding hydrogens is 185 g/mol. The number of nitrogens with two attached hydrogens (primary N) is 1. The van der Waals surface area contributed by atoms with E-state index in [1.807, 2.05) is 13.8 Å². The Morgan fingerprint density at radius 1 is 1.64 bits per heavy atom. The molecule has 0 aliphatic heterocycles. The molecule has 0 spiro atoms. The minimum atomic E-state index is 0. The Kier molecular flexibility index (Phi) is 3.69. The molecule has 1 aromatic rings. The highest BCUT2D eigenvalue weighted by Crippen LogP contribution is 2.17. The minimum Gasteiger partial charge on any atom is -0.381 e. The van der Waals surface area contributed by atoms with E-state index in [0.29, 0.717) is 16.9 Å². The Morgan fingerprint density at radius 3 is 2.36 bits per heavy atom. The van der Waals surface area contributed by atoms with E-state index in [0.717, 1.165) is 0 Å². The van der Waals surface area contributed by atoms with Crippen LogP contribution in [-0.2, 0) is 0 Å². The number of hydrogen-bond donors (Lipinski definition) is 1. The van der Waals surface area contributed by atoms with Gasteiger partial charge in [-0.15, -0.1) is 12.4 Å². The van der Waals surface area contributed by atoms with Crippen LogP contribution in [0.2, 0.25) is 5.02 Å². The predicted molar refractivity (Wildman–Crippen MR) is 49.3 cm³/mol. The zero-order valence-electron chi connectivity index (χ0n) is 6.41. The van der Waals surface area contributed by atoms with E-state index in [1.165, 1.54) is 0 Å². The second kappa shape index (κ2) is 3.83. The van der Waals surface area contributed by atoms with Gasteiger partial charge in [-0.1, -0.05) is 11.6 Å². The van der Waals surface area contributed by atoms with Gasteiger partial charge >= 0.3 is 0 Å². The lowest BCUT2D eigenvalue weighted by atomic mass is 10.4. The van der Waals surface area contributed by atoms with E-state index in [9.17, 15) is 0 Å². The van der Waals surface area contributed by atoms with Crippen LogP contribution in [0.15, 0.2) is 6.20 Å². The topological polar surface area (TPSA) is 43.8 Å². The number of aromatic nitrogens is 2.